The number of nitrogens with one attached hydrogen (secondary N) is 2. The Morgan fingerprint density at radius 3 is 2.92 bits per heavy atom. The van der Waals surface area contributed by atoms with Gasteiger partial charge in [-0.05, 0) is 12.8 Å². The van der Waals surface area contributed by atoms with Gasteiger partial charge in [-0.2, -0.15) is 11.8 Å². The fourth-order valence-corrected chi connectivity index (χ4v) is 7.83. The molecule has 17 heteroatoms. The maximum atomic E-state index is 12.5. The average Bonchev–Trinajstić information content (AvgIpc) is 3.61. The first-order chi connectivity index (χ1) is 18.1. The molecule has 9 atom stereocenters. The molecule has 3 aliphatic heterocycles. The number of anilines is 1. The van der Waals surface area contributed by atoms with Crippen LogP contribution in [0.25, 0.3) is 11.2 Å². The van der Waals surface area contributed by atoms with Crippen LogP contribution in [0, 0.1) is 0 Å². The lowest BCUT2D eigenvalue weighted by molar-refractivity contribution is -0.203. The summed E-state index contributed by atoms with van der Waals surface area (Å²) in [4.78, 5) is 36.0. The van der Waals surface area contributed by atoms with Gasteiger partial charge in [0, 0.05) is 17.2 Å². The van der Waals surface area contributed by atoms with Crippen LogP contribution in [0.3, 0.4) is 0 Å². The molecule has 0 radical (unpaired) electrons. The van der Waals surface area contributed by atoms with Gasteiger partial charge in [-0.1, -0.05) is 12.8 Å². The lowest BCUT2D eigenvalue weighted by Gasteiger charge is -2.27. The van der Waals surface area contributed by atoms with Crippen LogP contribution in [0.1, 0.15) is 31.9 Å². The van der Waals surface area contributed by atoms with Crippen molar-refractivity contribution in [2.45, 2.75) is 73.7 Å². The van der Waals surface area contributed by atoms with E-state index in [4.69, 9.17) is 15.0 Å². The van der Waals surface area contributed by atoms with Crippen molar-refractivity contribution in [1.29, 1.82) is 0 Å². The maximum absolute atomic E-state index is 12.5. The van der Waals surface area contributed by atoms with E-state index < -0.39 is 51.0 Å². The van der Waals surface area contributed by atoms with Crippen molar-refractivity contribution < 1.29 is 38.8 Å². The van der Waals surface area contributed by atoms with Crippen LogP contribution in [0.2, 0.25) is 0 Å². The molecule has 0 spiro atoms. The SMILES string of the molecule is Nc1ncnc2c1ncn2[C@@H]1O[C@H](COP(=O)([O-])CC(O)CCCC[C@@H]2SC[C@@H]3NC(=O)N[C@@H]32)[C@@H](O)[C@H]1O. The second-order valence-corrected chi connectivity index (χ2v) is 12.9. The van der Waals surface area contributed by atoms with Crippen LogP contribution in [0.15, 0.2) is 12.7 Å². The molecule has 3 aliphatic rings. The second-order valence-electron chi connectivity index (χ2n) is 9.78. The van der Waals surface area contributed by atoms with E-state index in [0.717, 1.165) is 18.6 Å². The number of hydrogen-bond acceptors (Lipinski definition) is 13. The van der Waals surface area contributed by atoms with Crippen molar-refractivity contribution in [2.75, 3.05) is 24.3 Å². The zero-order valence-electron chi connectivity index (χ0n) is 20.3. The van der Waals surface area contributed by atoms with Crippen molar-refractivity contribution >= 4 is 42.4 Å². The van der Waals surface area contributed by atoms with Crippen molar-refractivity contribution in [3.63, 3.8) is 0 Å². The number of nitrogen functional groups attached to an aromatic ring is 1. The predicted octanol–water partition coefficient (Wildman–Crippen LogP) is -1.32. The fraction of sp³-hybridized carbons (Fsp3) is 0.714. The number of fused-ring (bicyclic) bond motifs is 2. The van der Waals surface area contributed by atoms with Crippen LogP contribution in [-0.4, -0.2) is 101 Å². The maximum Gasteiger partial charge on any atom is 0.315 e. The predicted molar refractivity (Wildman–Crippen MR) is 134 cm³/mol. The van der Waals surface area contributed by atoms with Gasteiger partial charge in [0.05, 0.1) is 31.1 Å². The Balaban J connectivity index is 1.06. The third-order valence-electron chi connectivity index (χ3n) is 7.08. The van der Waals surface area contributed by atoms with E-state index in [1.807, 2.05) is 0 Å². The highest BCUT2D eigenvalue weighted by atomic mass is 32.2. The number of amides is 2. The summed E-state index contributed by atoms with van der Waals surface area (Å²) in [6.45, 7) is -0.535. The smallest absolute Gasteiger partial charge is 0.315 e. The van der Waals surface area contributed by atoms with Crippen molar-refractivity contribution in [3.05, 3.63) is 12.7 Å². The summed E-state index contributed by atoms with van der Waals surface area (Å²) in [6.07, 6.45) is -1.66. The van der Waals surface area contributed by atoms with E-state index in [-0.39, 0.29) is 36.0 Å². The molecule has 0 saturated carbocycles. The first kappa shape index (κ1) is 27.5. The molecule has 210 valence electrons. The minimum atomic E-state index is -4.45. The van der Waals surface area contributed by atoms with Gasteiger partial charge in [0.25, 0.3) is 0 Å². The Hall–Kier alpha value is -2.04. The molecule has 38 heavy (non-hydrogen) atoms. The average molecular weight is 573 g/mol. The number of ether oxygens (including phenoxy) is 1. The first-order valence-corrected chi connectivity index (χ1v) is 15.2. The van der Waals surface area contributed by atoms with Gasteiger partial charge in [0.2, 0.25) is 0 Å². The monoisotopic (exact) mass is 572 g/mol. The number of urea groups is 1. The molecule has 0 bridgehead atoms. The van der Waals surface area contributed by atoms with Crippen LogP contribution in [0.4, 0.5) is 10.6 Å². The number of carbonyl (C=O) groups excluding carboxylic acids is 1. The Bertz CT molecular complexity index is 1210. The quantitative estimate of drug-likeness (QED) is 0.104. The molecule has 2 amide bonds. The topological polar surface area (TPSA) is 230 Å². The number of aliphatic hydroxyl groups is 3. The van der Waals surface area contributed by atoms with Gasteiger partial charge >= 0.3 is 6.03 Å². The molecular formula is C21H31N7O8PS-. The number of aliphatic hydroxyl groups excluding tert-OH is 3. The van der Waals surface area contributed by atoms with Gasteiger partial charge in [-0.3, -0.25) is 4.57 Å². The van der Waals surface area contributed by atoms with E-state index in [1.165, 1.54) is 17.2 Å². The minimum absolute atomic E-state index is 0.109. The van der Waals surface area contributed by atoms with Gasteiger partial charge in [-0.25, -0.2) is 19.7 Å². The molecule has 7 N–H and O–H groups in total. The molecule has 2 unspecified atom stereocenters. The number of imidazole rings is 1. The molecule has 0 aliphatic carbocycles. The number of carbonyl (C=O) groups is 1. The molecule has 0 aromatic carbocycles. The normalized spacial score (nSPS) is 33.2. The standard InChI is InChI=1S/C21H32N7O8PS/c22-18-15-19(24-8-23-18)28(9-25-15)20-17(31)16(30)12(36-20)5-35-37(33,34)6-10(29)3-1-2-4-13-14-11(7-38-13)26-21(32)27-14/h8-14,16-17,20,29-31H,1-7H2,(H,33,34)(H2,22,23,24)(H2,26,27,32)/p-1/t10?,11-,12+,13-,14-,16+,17+,20+/m0/s1. The number of unbranched alkanes of at least 4 members (excludes halogenated alkanes) is 1. The first-order valence-electron chi connectivity index (χ1n) is 12.4. The van der Waals surface area contributed by atoms with E-state index in [9.17, 15) is 29.6 Å². The lowest BCUT2D eigenvalue weighted by Crippen LogP contribution is -2.36. The highest BCUT2D eigenvalue weighted by Gasteiger charge is 2.45. The molecular weight excluding hydrogens is 541 g/mol. The van der Waals surface area contributed by atoms with E-state index in [0.29, 0.717) is 17.2 Å². The third-order valence-corrected chi connectivity index (χ3v) is 10.0. The molecule has 2 aromatic rings. The summed E-state index contributed by atoms with van der Waals surface area (Å²) in [5.41, 5.74) is 6.36. The summed E-state index contributed by atoms with van der Waals surface area (Å²) in [5, 5.41) is 37.3. The van der Waals surface area contributed by atoms with Gasteiger partial charge in [-0.15, -0.1) is 0 Å². The van der Waals surface area contributed by atoms with Crippen LogP contribution in [0.5, 0.6) is 0 Å². The van der Waals surface area contributed by atoms with Crippen molar-refractivity contribution in [2.24, 2.45) is 0 Å². The molecule has 3 saturated heterocycles. The molecule has 5 rings (SSSR count). The summed E-state index contributed by atoms with van der Waals surface area (Å²) < 4.78 is 24.6. The number of nitrogens with zero attached hydrogens (tertiary/aromatic N) is 4. The molecule has 15 nitrogen and oxygen atoms in total. The largest absolute Gasteiger partial charge is 0.778 e. The fourth-order valence-electron chi connectivity index (χ4n) is 5.11. The van der Waals surface area contributed by atoms with Gasteiger partial charge in [0.15, 0.2) is 17.7 Å². The van der Waals surface area contributed by atoms with E-state index in [1.54, 1.807) is 11.8 Å². The summed E-state index contributed by atoms with van der Waals surface area (Å²) in [6, 6.07) is 0.123. The minimum Gasteiger partial charge on any atom is -0.778 e. The summed E-state index contributed by atoms with van der Waals surface area (Å²) >= 11 is 1.80. The summed E-state index contributed by atoms with van der Waals surface area (Å²) in [7, 11) is -4.45. The van der Waals surface area contributed by atoms with Gasteiger partial charge in [0.1, 0.15) is 37.8 Å². The highest BCUT2D eigenvalue weighted by Crippen LogP contribution is 2.41. The number of hydrogen-bond donors (Lipinski definition) is 6. The number of rotatable bonds is 11. The van der Waals surface area contributed by atoms with Crippen LogP contribution < -0.4 is 21.3 Å². The Morgan fingerprint density at radius 2 is 2.11 bits per heavy atom. The van der Waals surface area contributed by atoms with E-state index >= 15 is 0 Å². The molecule has 3 fully saturated rings. The molecule has 5 heterocycles. The van der Waals surface area contributed by atoms with E-state index in [2.05, 4.69) is 25.6 Å². The zero-order valence-corrected chi connectivity index (χ0v) is 22.0. The zero-order chi connectivity index (χ0) is 27.0. The number of aromatic nitrogens is 4. The third kappa shape index (κ3) is 5.77. The Kier molecular flexibility index (Phi) is 8.12. The number of nitrogens with two attached hydrogens (primary N) is 1. The van der Waals surface area contributed by atoms with Crippen LogP contribution >= 0.6 is 19.4 Å². The lowest BCUT2D eigenvalue weighted by atomic mass is 10.0. The van der Waals surface area contributed by atoms with Crippen LogP contribution in [-0.2, 0) is 13.8 Å². The van der Waals surface area contributed by atoms with Gasteiger partial charge < -0.3 is 50.4 Å². The Labute approximate surface area is 222 Å². The number of thioether (sulfide) groups is 1. The molecule has 2 aromatic heterocycles. The highest BCUT2D eigenvalue weighted by molar-refractivity contribution is 8.00. The Morgan fingerprint density at radius 1 is 1.29 bits per heavy atom. The second kappa shape index (κ2) is 11.2. The van der Waals surface area contributed by atoms with Crippen molar-refractivity contribution in [1.82, 2.24) is 30.2 Å². The summed E-state index contributed by atoms with van der Waals surface area (Å²) in [5.74, 6) is 1.00. The van der Waals surface area contributed by atoms with Crippen molar-refractivity contribution in [3.8, 4) is 0 Å².